The standard InChI is InChI=1S/C18H18FNO3/c19-12-4-1-5-13(10-12)20-18(22)11-23-17-9-3-6-14-15(17)7-2-8-16(14)21/h1,3-6,9-10,16,21H,2,7-8,11H2,(H,20,22)/t16-/m0/s1. The van der Waals surface area contributed by atoms with Crippen molar-refractivity contribution in [1.82, 2.24) is 0 Å². The molecule has 5 heteroatoms. The summed E-state index contributed by atoms with van der Waals surface area (Å²) >= 11 is 0. The van der Waals surface area contributed by atoms with Crippen molar-refractivity contribution in [3.05, 3.63) is 59.4 Å². The van der Waals surface area contributed by atoms with Crippen molar-refractivity contribution in [2.45, 2.75) is 25.4 Å². The molecular weight excluding hydrogens is 297 g/mol. The number of hydrogen-bond donors (Lipinski definition) is 2. The Hall–Kier alpha value is -2.40. The first kappa shape index (κ1) is 15.5. The van der Waals surface area contributed by atoms with E-state index in [1.165, 1.54) is 18.2 Å². The number of hydrogen-bond acceptors (Lipinski definition) is 3. The van der Waals surface area contributed by atoms with Gasteiger partial charge in [-0.1, -0.05) is 18.2 Å². The van der Waals surface area contributed by atoms with E-state index in [-0.39, 0.29) is 12.5 Å². The second kappa shape index (κ2) is 6.79. The summed E-state index contributed by atoms with van der Waals surface area (Å²) in [7, 11) is 0. The van der Waals surface area contributed by atoms with Crippen molar-refractivity contribution in [3.8, 4) is 5.75 Å². The largest absolute Gasteiger partial charge is 0.483 e. The fourth-order valence-corrected chi connectivity index (χ4v) is 2.83. The minimum absolute atomic E-state index is 0.164. The van der Waals surface area contributed by atoms with Crippen molar-refractivity contribution in [1.29, 1.82) is 0 Å². The molecule has 0 bridgehead atoms. The molecule has 0 aliphatic heterocycles. The number of aliphatic hydroxyl groups is 1. The maximum atomic E-state index is 13.1. The van der Waals surface area contributed by atoms with Crippen LogP contribution in [-0.4, -0.2) is 17.6 Å². The number of carbonyl (C=O) groups is 1. The fourth-order valence-electron chi connectivity index (χ4n) is 2.83. The highest BCUT2D eigenvalue weighted by Gasteiger charge is 2.21. The van der Waals surface area contributed by atoms with Crippen LogP contribution >= 0.6 is 0 Å². The number of amides is 1. The zero-order valence-electron chi connectivity index (χ0n) is 12.6. The van der Waals surface area contributed by atoms with Gasteiger partial charge >= 0.3 is 0 Å². The zero-order chi connectivity index (χ0) is 16.2. The van der Waals surface area contributed by atoms with Gasteiger partial charge in [0.15, 0.2) is 6.61 Å². The predicted molar refractivity (Wildman–Crippen MR) is 84.9 cm³/mol. The Labute approximate surface area is 133 Å². The number of rotatable bonds is 4. The average molecular weight is 315 g/mol. The lowest BCUT2D eigenvalue weighted by atomic mass is 9.89. The van der Waals surface area contributed by atoms with Gasteiger partial charge in [0.25, 0.3) is 5.91 Å². The van der Waals surface area contributed by atoms with Gasteiger partial charge < -0.3 is 15.2 Å². The highest BCUT2D eigenvalue weighted by molar-refractivity contribution is 5.91. The topological polar surface area (TPSA) is 58.6 Å². The monoisotopic (exact) mass is 315 g/mol. The summed E-state index contributed by atoms with van der Waals surface area (Å²) < 4.78 is 18.7. The van der Waals surface area contributed by atoms with Crippen LogP contribution in [0.15, 0.2) is 42.5 Å². The average Bonchev–Trinajstić information content (AvgIpc) is 2.53. The summed E-state index contributed by atoms with van der Waals surface area (Å²) in [6.07, 6.45) is 2.00. The van der Waals surface area contributed by atoms with Crippen LogP contribution in [0.1, 0.15) is 30.1 Å². The quantitative estimate of drug-likeness (QED) is 0.911. The van der Waals surface area contributed by atoms with Crippen molar-refractivity contribution < 1.29 is 19.0 Å². The molecule has 0 unspecified atom stereocenters. The molecule has 1 atom stereocenters. The molecule has 0 aromatic heterocycles. The van der Waals surface area contributed by atoms with E-state index in [0.717, 1.165) is 30.4 Å². The maximum absolute atomic E-state index is 13.1. The number of nitrogens with one attached hydrogen (secondary N) is 1. The summed E-state index contributed by atoms with van der Waals surface area (Å²) in [4.78, 5) is 11.9. The lowest BCUT2D eigenvalue weighted by Crippen LogP contribution is -2.21. The Bertz CT molecular complexity index is 717. The van der Waals surface area contributed by atoms with E-state index >= 15 is 0 Å². The zero-order valence-corrected chi connectivity index (χ0v) is 12.6. The van der Waals surface area contributed by atoms with Crippen LogP contribution in [-0.2, 0) is 11.2 Å². The fraction of sp³-hybridized carbons (Fsp3) is 0.278. The molecule has 0 radical (unpaired) electrons. The van der Waals surface area contributed by atoms with Gasteiger partial charge in [-0.2, -0.15) is 0 Å². The van der Waals surface area contributed by atoms with Gasteiger partial charge in [0, 0.05) is 5.69 Å². The molecule has 0 saturated heterocycles. The number of halogens is 1. The van der Waals surface area contributed by atoms with E-state index in [1.54, 1.807) is 12.1 Å². The molecule has 120 valence electrons. The lowest BCUT2D eigenvalue weighted by Gasteiger charge is -2.23. The molecule has 0 saturated carbocycles. The third kappa shape index (κ3) is 3.68. The van der Waals surface area contributed by atoms with Gasteiger partial charge in [0.2, 0.25) is 0 Å². The molecule has 4 nitrogen and oxygen atoms in total. The van der Waals surface area contributed by atoms with Crippen LogP contribution in [0.5, 0.6) is 5.75 Å². The first-order valence-electron chi connectivity index (χ1n) is 7.61. The van der Waals surface area contributed by atoms with Crippen LogP contribution in [0.2, 0.25) is 0 Å². The molecule has 23 heavy (non-hydrogen) atoms. The van der Waals surface area contributed by atoms with Crippen LogP contribution in [0, 0.1) is 5.82 Å². The third-order valence-corrected chi connectivity index (χ3v) is 3.90. The summed E-state index contributed by atoms with van der Waals surface area (Å²) in [6.45, 7) is -0.164. The van der Waals surface area contributed by atoms with Crippen molar-refractivity contribution in [2.24, 2.45) is 0 Å². The number of benzene rings is 2. The predicted octanol–water partition coefficient (Wildman–Crippen LogP) is 3.21. The van der Waals surface area contributed by atoms with E-state index in [4.69, 9.17) is 4.74 Å². The van der Waals surface area contributed by atoms with Crippen LogP contribution in [0.3, 0.4) is 0 Å². The van der Waals surface area contributed by atoms with E-state index in [2.05, 4.69) is 5.32 Å². The summed E-state index contributed by atoms with van der Waals surface area (Å²) in [6, 6.07) is 11.2. The molecule has 2 aromatic carbocycles. The number of ether oxygens (including phenoxy) is 1. The van der Waals surface area contributed by atoms with Gasteiger partial charge in [-0.3, -0.25) is 4.79 Å². The summed E-state index contributed by atoms with van der Waals surface area (Å²) in [5, 5.41) is 12.6. The normalized spacial score (nSPS) is 16.5. The lowest BCUT2D eigenvalue weighted by molar-refractivity contribution is -0.118. The van der Waals surface area contributed by atoms with Crippen molar-refractivity contribution in [2.75, 3.05) is 11.9 Å². The van der Waals surface area contributed by atoms with Crippen LogP contribution in [0.4, 0.5) is 10.1 Å². The van der Waals surface area contributed by atoms with Gasteiger partial charge in [-0.05, 0) is 54.7 Å². The molecule has 0 spiro atoms. The second-order valence-electron chi connectivity index (χ2n) is 5.58. The molecule has 1 aliphatic rings. The van der Waals surface area contributed by atoms with E-state index in [9.17, 15) is 14.3 Å². The SMILES string of the molecule is O=C(COc1cccc2c1CCC[C@@H]2O)Nc1cccc(F)c1. The number of anilines is 1. The highest BCUT2D eigenvalue weighted by Crippen LogP contribution is 2.35. The molecule has 2 aromatic rings. The molecule has 1 aliphatic carbocycles. The highest BCUT2D eigenvalue weighted by atomic mass is 19.1. The minimum atomic E-state index is -0.469. The summed E-state index contributed by atoms with van der Waals surface area (Å²) in [5.41, 5.74) is 2.23. The van der Waals surface area contributed by atoms with Crippen molar-refractivity contribution in [3.63, 3.8) is 0 Å². The van der Waals surface area contributed by atoms with E-state index in [0.29, 0.717) is 11.4 Å². The third-order valence-electron chi connectivity index (χ3n) is 3.90. The Morgan fingerprint density at radius 1 is 1.30 bits per heavy atom. The molecule has 0 heterocycles. The first-order valence-corrected chi connectivity index (χ1v) is 7.61. The Kier molecular flexibility index (Phi) is 4.57. The van der Waals surface area contributed by atoms with Crippen molar-refractivity contribution >= 4 is 11.6 Å². The van der Waals surface area contributed by atoms with E-state index < -0.39 is 11.9 Å². The van der Waals surface area contributed by atoms with E-state index in [1.807, 2.05) is 12.1 Å². The Morgan fingerprint density at radius 2 is 2.13 bits per heavy atom. The smallest absolute Gasteiger partial charge is 0.262 e. The Morgan fingerprint density at radius 3 is 2.96 bits per heavy atom. The molecule has 1 amide bonds. The van der Waals surface area contributed by atoms with Gasteiger partial charge in [0.05, 0.1) is 6.10 Å². The Balaban J connectivity index is 1.64. The maximum Gasteiger partial charge on any atom is 0.262 e. The molecule has 2 N–H and O–H groups in total. The first-order chi connectivity index (χ1) is 11.1. The van der Waals surface area contributed by atoms with Crippen LogP contribution in [0.25, 0.3) is 0 Å². The molecule has 0 fully saturated rings. The molecular formula is C18H18FNO3. The molecule has 3 rings (SSSR count). The number of aliphatic hydroxyl groups excluding tert-OH is 1. The minimum Gasteiger partial charge on any atom is -0.483 e. The van der Waals surface area contributed by atoms with Gasteiger partial charge in [-0.25, -0.2) is 4.39 Å². The van der Waals surface area contributed by atoms with Crippen LogP contribution < -0.4 is 10.1 Å². The summed E-state index contributed by atoms with van der Waals surface area (Å²) in [5.74, 6) is -0.143. The number of fused-ring (bicyclic) bond motifs is 1. The second-order valence-corrected chi connectivity index (χ2v) is 5.58. The van der Waals surface area contributed by atoms with Gasteiger partial charge in [-0.15, -0.1) is 0 Å². The van der Waals surface area contributed by atoms with Gasteiger partial charge in [0.1, 0.15) is 11.6 Å². The number of carbonyl (C=O) groups excluding carboxylic acids is 1.